The van der Waals surface area contributed by atoms with Crippen LogP contribution in [0.2, 0.25) is 0 Å². The summed E-state index contributed by atoms with van der Waals surface area (Å²) in [7, 11) is 0. The third-order valence-electron chi connectivity index (χ3n) is 6.81. The maximum Gasteiger partial charge on any atom is 0.225 e. The maximum atomic E-state index is 12.4. The quantitative estimate of drug-likeness (QED) is 0.200. The van der Waals surface area contributed by atoms with E-state index in [4.69, 9.17) is 0 Å². The molecule has 1 aromatic rings. The number of hydrogen-bond acceptors (Lipinski definition) is 4. The van der Waals surface area contributed by atoms with Gasteiger partial charge in [-0.05, 0) is 12.8 Å². The second-order valence-electron chi connectivity index (χ2n) is 9.85. The Labute approximate surface area is 207 Å². The lowest BCUT2D eigenvalue weighted by Gasteiger charge is -2.16. The molecule has 7 heteroatoms. The van der Waals surface area contributed by atoms with Gasteiger partial charge in [-0.3, -0.25) is 9.59 Å². The highest BCUT2D eigenvalue weighted by Crippen LogP contribution is 2.18. The van der Waals surface area contributed by atoms with Crippen LogP contribution in [0.25, 0.3) is 0 Å². The number of amides is 2. The summed E-state index contributed by atoms with van der Waals surface area (Å²) in [6, 6.07) is 0. The molecule has 1 fully saturated rings. The van der Waals surface area contributed by atoms with Crippen LogP contribution >= 0.6 is 0 Å². The summed E-state index contributed by atoms with van der Waals surface area (Å²) in [6.07, 6.45) is 23.3. The molecule has 2 amide bonds. The van der Waals surface area contributed by atoms with E-state index in [0.29, 0.717) is 19.5 Å². The molecule has 0 saturated carbocycles. The molecule has 0 aliphatic carbocycles. The molecule has 1 unspecified atom stereocenters. The van der Waals surface area contributed by atoms with Crippen molar-refractivity contribution in [1.82, 2.24) is 20.2 Å². The fraction of sp³-hybridized carbons (Fsp3) is 0.815. The Balaban J connectivity index is 1.37. The van der Waals surface area contributed by atoms with E-state index in [2.05, 4.69) is 27.5 Å². The van der Waals surface area contributed by atoms with Gasteiger partial charge in [-0.15, -0.1) is 0 Å². The van der Waals surface area contributed by atoms with Crippen LogP contribution in [0.15, 0.2) is 12.4 Å². The van der Waals surface area contributed by atoms with E-state index in [1.54, 1.807) is 12.4 Å². The highest BCUT2D eigenvalue weighted by Gasteiger charge is 2.33. The molecule has 1 aliphatic rings. The first-order valence-electron chi connectivity index (χ1n) is 14.0. The molecule has 1 aliphatic heterocycles. The summed E-state index contributed by atoms with van der Waals surface area (Å²) < 4.78 is 0. The predicted molar refractivity (Wildman–Crippen MR) is 140 cm³/mol. The van der Waals surface area contributed by atoms with Crippen molar-refractivity contribution in [2.24, 2.45) is 5.92 Å². The second-order valence-corrected chi connectivity index (χ2v) is 9.85. The van der Waals surface area contributed by atoms with Gasteiger partial charge in [-0.1, -0.05) is 90.4 Å². The van der Waals surface area contributed by atoms with Gasteiger partial charge in [0, 0.05) is 45.0 Å². The molecule has 1 aromatic heterocycles. The standard InChI is InChI=1S/C27H49N5O2/c1-2-3-4-5-6-7-8-9-10-11-12-13-14-15-17-28-26(34)24-22-25(33)32(23-24)21-16-18-29-27-30-19-20-31-27/h19-20,24H,2-18,21-23H2,1H3,(H,28,34)(H2,29,30,31). The van der Waals surface area contributed by atoms with E-state index in [9.17, 15) is 9.59 Å². The SMILES string of the molecule is CCCCCCCCCCCCCCCCNC(=O)C1CC(=O)N(CCCNc2ncc[nH]2)C1. The highest BCUT2D eigenvalue weighted by atomic mass is 16.2. The fourth-order valence-electron chi connectivity index (χ4n) is 4.68. The number of carbonyl (C=O) groups is 2. The normalized spacial score (nSPS) is 15.7. The number of unbranched alkanes of at least 4 members (excludes halogenated alkanes) is 13. The number of aromatic amines is 1. The van der Waals surface area contributed by atoms with Gasteiger partial charge in [0.2, 0.25) is 11.8 Å². The first kappa shape index (κ1) is 28.2. The van der Waals surface area contributed by atoms with E-state index in [0.717, 1.165) is 31.9 Å². The van der Waals surface area contributed by atoms with Crippen molar-refractivity contribution >= 4 is 17.8 Å². The number of likely N-dealkylation sites (tertiary alicyclic amines) is 1. The maximum absolute atomic E-state index is 12.4. The van der Waals surface area contributed by atoms with Crippen molar-refractivity contribution < 1.29 is 9.59 Å². The number of hydrogen-bond donors (Lipinski definition) is 3. The molecule has 2 heterocycles. The largest absolute Gasteiger partial charge is 0.356 e. The van der Waals surface area contributed by atoms with Crippen molar-refractivity contribution in [2.75, 3.05) is 31.5 Å². The van der Waals surface area contributed by atoms with Gasteiger partial charge in [0.05, 0.1) is 5.92 Å². The number of H-pyrrole nitrogens is 1. The molecule has 0 aromatic carbocycles. The molecule has 2 rings (SSSR count). The Morgan fingerprint density at radius 1 is 0.941 bits per heavy atom. The number of rotatable bonds is 21. The van der Waals surface area contributed by atoms with Crippen LogP contribution in [0, 0.1) is 5.92 Å². The minimum atomic E-state index is -0.197. The zero-order chi connectivity index (χ0) is 24.3. The molecule has 0 bridgehead atoms. The lowest BCUT2D eigenvalue weighted by Crippen LogP contribution is -2.34. The van der Waals surface area contributed by atoms with Gasteiger partial charge in [0.15, 0.2) is 5.95 Å². The van der Waals surface area contributed by atoms with Crippen molar-refractivity contribution in [3.8, 4) is 0 Å². The van der Waals surface area contributed by atoms with Crippen LogP contribution < -0.4 is 10.6 Å². The van der Waals surface area contributed by atoms with Crippen molar-refractivity contribution in [3.05, 3.63) is 12.4 Å². The Morgan fingerprint density at radius 2 is 1.56 bits per heavy atom. The van der Waals surface area contributed by atoms with Gasteiger partial charge in [0.1, 0.15) is 0 Å². The Hall–Kier alpha value is -2.05. The van der Waals surface area contributed by atoms with Crippen LogP contribution in [0.5, 0.6) is 0 Å². The van der Waals surface area contributed by atoms with Gasteiger partial charge in [-0.2, -0.15) is 0 Å². The second kappa shape index (κ2) is 18.3. The van der Waals surface area contributed by atoms with Crippen LogP contribution in [0.1, 0.15) is 110 Å². The molecule has 34 heavy (non-hydrogen) atoms. The summed E-state index contributed by atoms with van der Waals surface area (Å²) >= 11 is 0. The fourth-order valence-corrected chi connectivity index (χ4v) is 4.68. The molecule has 1 atom stereocenters. The summed E-state index contributed by atoms with van der Waals surface area (Å²) in [6.45, 7) is 4.97. The zero-order valence-electron chi connectivity index (χ0n) is 21.6. The van der Waals surface area contributed by atoms with Gasteiger partial charge in [0.25, 0.3) is 0 Å². The van der Waals surface area contributed by atoms with E-state index in [1.807, 2.05) is 4.90 Å². The topological polar surface area (TPSA) is 90.1 Å². The molecule has 0 radical (unpaired) electrons. The zero-order valence-corrected chi connectivity index (χ0v) is 21.6. The first-order chi connectivity index (χ1) is 16.7. The summed E-state index contributed by atoms with van der Waals surface area (Å²) in [5.41, 5.74) is 0. The summed E-state index contributed by atoms with van der Waals surface area (Å²) in [4.78, 5) is 33.6. The third-order valence-corrected chi connectivity index (χ3v) is 6.81. The van der Waals surface area contributed by atoms with E-state index in [1.165, 1.54) is 83.5 Å². The third kappa shape index (κ3) is 12.4. The first-order valence-corrected chi connectivity index (χ1v) is 14.0. The van der Waals surface area contributed by atoms with Crippen LogP contribution in [0.4, 0.5) is 5.95 Å². The van der Waals surface area contributed by atoms with Crippen LogP contribution in [-0.2, 0) is 9.59 Å². The molecule has 7 nitrogen and oxygen atoms in total. The Kier molecular flexibility index (Phi) is 15.2. The van der Waals surface area contributed by atoms with Crippen LogP contribution in [0.3, 0.4) is 0 Å². The lowest BCUT2D eigenvalue weighted by atomic mass is 10.0. The molecule has 194 valence electrons. The average Bonchev–Trinajstić information content (AvgIpc) is 3.49. The average molecular weight is 476 g/mol. The van der Waals surface area contributed by atoms with E-state index < -0.39 is 0 Å². The molecular formula is C27H49N5O2. The van der Waals surface area contributed by atoms with Gasteiger partial charge < -0.3 is 20.5 Å². The highest BCUT2D eigenvalue weighted by molar-refractivity contribution is 5.89. The number of nitrogens with zero attached hydrogens (tertiary/aromatic N) is 2. The lowest BCUT2D eigenvalue weighted by molar-refractivity contribution is -0.129. The monoisotopic (exact) mass is 475 g/mol. The minimum absolute atomic E-state index is 0.0410. The van der Waals surface area contributed by atoms with Gasteiger partial charge >= 0.3 is 0 Å². The molecular weight excluding hydrogens is 426 g/mol. The predicted octanol–water partition coefficient (Wildman–Crippen LogP) is 5.66. The Bertz CT molecular complexity index is 649. The Morgan fingerprint density at radius 3 is 2.15 bits per heavy atom. The summed E-state index contributed by atoms with van der Waals surface area (Å²) in [5, 5.41) is 6.24. The van der Waals surface area contributed by atoms with E-state index in [-0.39, 0.29) is 17.7 Å². The minimum Gasteiger partial charge on any atom is -0.356 e. The molecule has 0 spiro atoms. The smallest absolute Gasteiger partial charge is 0.225 e. The van der Waals surface area contributed by atoms with Gasteiger partial charge in [-0.25, -0.2) is 4.98 Å². The van der Waals surface area contributed by atoms with Crippen molar-refractivity contribution in [3.63, 3.8) is 0 Å². The van der Waals surface area contributed by atoms with Crippen molar-refractivity contribution in [1.29, 1.82) is 0 Å². The van der Waals surface area contributed by atoms with Crippen LogP contribution in [-0.4, -0.2) is 52.9 Å². The number of aromatic nitrogens is 2. The molecule has 1 saturated heterocycles. The number of imidazole rings is 1. The van der Waals surface area contributed by atoms with Crippen molar-refractivity contribution in [2.45, 2.75) is 110 Å². The summed E-state index contributed by atoms with van der Waals surface area (Å²) in [5.74, 6) is 0.680. The molecule has 3 N–H and O–H groups in total. The van der Waals surface area contributed by atoms with E-state index >= 15 is 0 Å². The number of nitrogens with one attached hydrogen (secondary N) is 3. The number of anilines is 1. The number of carbonyl (C=O) groups excluding carboxylic acids is 2.